The fourth-order valence-electron chi connectivity index (χ4n) is 2.84. The lowest BCUT2D eigenvalue weighted by atomic mass is 10.1. The second-order valence-corrected chi connectivity index (χ2v) is 6.20. The Morgan fingerprint density at radius 3 is 2.77 bits per heavy atom. The number of aromatic nitrogens is 3. The molecule has 0 radical (unpaired) electrons. The van der Waals surface area contributed by atoms with Gasteiger partial charge in [-0.25, -0.2) is 4.68 Å². The van der Waals surface area contributed by atoms with Crippen LogP contribution in [0.15, 0.2) is 73.1 Å². The van der Waals surface area contributed by atoms with Crippen LogP contribution in [0.1, 0.15) is 15.9 Å². The van der Waals surface area contributed by atoms with Crippen LogP contribution in [-0.2, 0) is 6.54 Å². The van der Waals surface area contributed by atoms with E-state index in [2.05, 4.69) is 15.4 Å². The van der Waals surface area contributed by atoms with E-state index in [1.807, 2.05) is 48.5 Å². The maximum absolute atomic E-state index is 12.8. The maximum atomic E-state index is 12.8. The van der Waals surface area contributed by atoms with Crippen molar-refractivity contribution in [2.75, 3.05) is 5.32 Å². The van der Waals surface area contributed by atoms with E-state index in [1.54, 1.807) is 29.2 Å². The molecule has 0 saturated carbocycles. The Morgan fingerprint density at radius 1 is 1.00 bits per heavy atom. The highest BCUT2D eigenvalue weighted by atomic mass is 35.5. The van der Waals surface area contributed by atoms with Crippen molar-refractivity contribution in [3.63, 3.8) is 0 Å². The molecule has 4 rings (SSSR count). The average Bonchev–Trinajstić information content (AvgIpc) is 3.10. The van der Waals surface area contributed by atoms with Gasteiger partial charge in [-0.2, -0.15) is 5.10 Å². The van der Waals surface area contributed by atoms with Gasteiger partial charge in [-0.3, -0.25) is 9.78 Å². The van der Waals surface area contributed by atoms with E-state index in [4.69, 9.17) is 11.6 Å². The van der Waals surface area contributed by atoms with Crippen molar-refractivity contribution in [2.24, 2.45) is 0 Å². The first-order chi connectivity index (χ1) is 12.7. The largest absolute Gasteiger partial charge is 0.307 e. The number of benzene rings is 2. The Balaban J connectivity index is 1.61. The Morgan fingerprint density at radius 2 is 1.88 bits per heavy atom. The molecule has 0 aliphatic rings. The first-order valence-electron chi connectivity index (χ1n) is 8.13. The number of nitrogens with one attached hydrogen (secondary N) is 1. The Bertz CT molecular complexity index is 1080. The summed E-state index contributed by atoms with van der Waals surface area (Å²) in [7, 11) is 0. The molecule has 26 heavy (non-hydrogen) atoms. The molecule has 0 aliphatic carbocycles. The molecule has 0 fully saturated rings. The minimum absolute atomic E-state index is 0.204. The summed E-state index contributed by atoms with van der Waals surface area (Å²) in [5.74, 6) is 0.403. The molecule has 1 N–H and O–H groups in total. The number of rotatable bonds is 4. The van der Waals surface area contributed by atoms with Crippen molar-refractivity contribution in [3.8, 4) is 0 Å². The van der Waals surface area contributed by atoms with Gasteiger partial charge in [0, 0.05) is 28.2 Å². The van der Waals surface area contributed by atoms with Crippen LogP contribution < -0.4 is 5.32 Å². The summed E-state index contributed by atoms with van der Waals surface area (Å²) < 4.78 is 1.71. The molecule has 5 nitrogen and oxygen atoms in total. The van der Waals surface area contributed by atoms with Crippen LogP contribution in [0.25, 0.3) is 10.9 Å². The lowest BCUT2D eigenvalue weighted by Gasteiger charge is -2.11. The Labute approximate surface area is 155 Å². The highest BCUT2D eigenvalue weighted by Crippen LogP contribution is 2.20. The minimum Gasteiger partial charge on any atom is -0.307 e. The predicted octanol–water partition coefficient (Wildman–Crippen LogP) is 4.39. The molecule has 0 spiro atoms. The standard InChI is InChI=1S/C20H15ClN4O/c21-17-8-2-1-5-14(17)13-25-19(10-12-23-25)24-20(26)16-6-3-9-18-15(16)7-4-11-22-18/h1-12H,13H2,(H,24,26). The van der Waals surface area contributed by atoms with E-state index in [9.17, 15) is 4.79 Å². The second-order valence-electron chi connectivity index (χ2n) is 5.80. The molecule has 1 amide bonds. The first-order valence-corrected chi connectivity index (χ1v) is 8.50. The molecule has 6 heteroatoms. The summed E-state index contributed by atoms with van der Waals surface area (Å²) >= 11 is 6.23. The Kier molecular flexibility index (Phi) is 4.37. The van der Waals surface area contributed by atoms with Crippen LogP contribution in [-0.4, -0.2) is 20.7 Å². The highest BCUT2D eigenvalue weighted by molar-refractivity contribution is 6.31. The molecule has 2 aromatic heterocycles. The van der Waals surface area contributed by atoms with E-state index in [1.165, 1.54) is 0 Å². The molecule has 2 aromatic carbocycles. The maximum Gasteiger partial charge on any atom is 0.257 e. The molecule has 2 heterocycles. The van der Waals surface area contributed by atoms with E-state index < -0.39 is 0 Å². The van der Waals surface area contributed by atoms with Crippen LogP contribution in [0, 0.1) is 0 Å². The number of carbonyl (C=O) groups excluding carboxylic acids is 1. The normalized spacial score (nSPS) is 10.8. The molecule has 0 bridgehead atoms. The van der Waals surface area contributed by atoms with Crippen molar-refractivity contribution in [3.05, 3.63) is 89.2 Å². The van der Waals surface area contributed by atoms with Crippen LogP contribution in [0.4, 0.5) is 5.82 Å². The van der Waals surface area contributed by atoms with E-state index in [-0.39, 0.29) is 5.91 Å². The van der Waals surface area contributed by atoms with Crippen molar-refractivity contribution >= 4 is 34.2 Å². The van der Waals surface area contributed by atoms with Crippen LogP contribution in [0.5, 0.6) is 0 Å². The number of hydrogen-bond acceptors (Lipinski definition) is 3. The lowest BCUT2D eigenvalue weighted by Crippen LogP contribution is -2.16. The third-order valence-electron chi connectivity index (χ3n) is 4.13. The van der Waals surface area contributed by atoms with Gasteiger partial charge in [-0.15, -0.1) is 0 Å². The van der Waals surface area contributed by atoms with Gasteiger partial charge in [-0.1, -0.05) is 41.9 Å². The zero-order valence-electron chi connectivity index (χ0n) is 13.8. The zero-order valence-corrected chi connectivity index (χ0v) is 14.5. The van der Waals surface area contributed by atoms with E-state index in [0.717, 1.165) is 16.5 Å². The van der Waals surface area contributed by atoms with Gasteiger partial charge in [0.25, 0.3) is 5.91 Å². The van der Waals surface area contributed by atoms with Gasteiger partial charge >= 0.3 is 0 Å². The van der Waals surface area contributed by atoms with Gasteiger partial charge < -0.3 is 5.32 Å². The molecular weight excluding hydrogens is 348 g/mol. The average molecular weight is 363 g/mol. The molecule has 0 saturated heterocycles. The monoisotopic (exact) mass is 362 g/mol. The van der Waals surface area contributed by atoms with Crippen molar-refractivity contribution in [1.82, 2.24) is 14.8 Å². The van der Waals surface area contributed by atoms with Crippen LogP contribution in [0.3, 0.4) is 0 Å². The van der Waals surface area contributed by atoms with Crippen molar-refractivity contribution < 1.29 is 4.79 Å². The topological polar surface area (TPSA) is 59.8 Å². The lowest BCUT2D eigenvalue weighted by molar-refractivity contribution is 0.102. The number of hydrogen-bond donors (Lipinski definition) is 1. The quantitative estimate of drug-likeness (QED) is 0.586. The van der Waals surface area contributed by atoms with Crippen molar-refractivity contribution in [2.45, 2.75) is 6.54 Å². The molecule has 0 unspecified atom stereocenters. The molecule has 128 valence electrons. The van der Waals surface area contributed by atoms with Crippen LogP contribution in [0.2, 0.25) is 5.02 Å². The fourth-order valence-corrected chi connectivity index (χ4v) is 3.03. The molecule has 4 aromatic rings. The first kappa shape index (κ1) is 16.3. The Hall–Kier alpha value is -3.18. The summed E-state index contributed by atoms with van der Waals surface area (Å²) in [6, 6.07) is 18.5. The minimum atomic E-state index is -0.204. The van der Waals surface area contributed by atoms with Gasteiger partial charge in [-0.05, 0) is 29.8 Å². The van der Waals surface area contributed by atoms with Crippen LogP contribution >= 0.6 is 11.6 Å². The number of halogens is 1. The van der Waals surface area contributed by atoms with Gasteiger partial charge in [0.15, 0.2) is 0 Å². The smallest absolute Gasteiger partial charge is 0.257 e. The van der Waals surface area contributed by atoms with Crippen molar-refractivity contribution in [1.29, 1.82) is 0 Å². The fraction of sp³-hybridized carbons (Fsp3) is 0.0500. The second kappa shape index (κ2) is 6.98. The number of pyridine rings is 1. The number of amides is 1. The summed E-state index contributed by atoms with van der Waals surface area (Å²) in [6.07, 6.45) is 3.36. The van der Waals surface area contributed by atoms with Gasteiger partial charge in [0.05, 0.1) is 18.3 Å². The molecular formula is C20H15ClN4O. The number of anilines is 1. The third kappa shape index (κ3) is 3.17. The van der Waals surface area contributed by atoms with E-state index >= 15 is 0 Å². The summed E-state index contributed by atoms with van der Waals surface area (Å²) in [4.78, 5) is 17.1. The number of carbonyl (C=O) groups is 1. The SMILES string of the molecule is O=C(Nc1ccnn1Cc1ccccc1Cl)c1cccc2ncccc12. The third-order valence-corrected chi connectivity index (χ3v) is 4.50. The molecule has 0 aliphatic heterocycles. The van der Waals surface area contributed by atoms with E-state index in [0.29, 0.717) is 22.9 Å². The molecule has 0 atom stereocenters. The highest BCUT2D eigenvalue weighted by Gasteiger charge is 2.13. The zero-order chi connectivity index (χ0) is 17.9. The predicted molar refractivity (Wildman–Crippen MR) is 102 cm³/mol. The van der Waals surface area contributed by atoms with Gasteiger partial charge in [0.1, 0.15) is 5.82 Å². The summed E-state index contributed by atoms with van der Waals surface area (Å²) in [5.41, 5.74) is 2.29. The number of nitrogens with zero attached hydrogens (tertiary/aromatic N) is 3. The van der Waals surface area contributed by atoms with Gasteiger partial charge in [0.2, 0.25) is 0 Å². The number of fused-ring (bicyclic) bond motifs is 1. The summed E-state index contributed by atoms with van der Waals surface area (Å²) in [5, 5.41) is 8.70. The summed E-state index contributed by atoms with van der Waals surface area (Å²) in [6.45, 7) is 0.472.